The smallest absolute Gasteiger partial charge is 0.0324 e. The van der Waals surface area contributed by atoms with Crippen LogP contribution in [0.3, 0.4) is 0 Å². The van der Waals surface area contributed by atoms with Gasteiger partial charge in [0.1, 0.15) is 0 Å². The molecule has 1 fully saturated rings. The molecule has 0 aromatic heterocycles. The Labute approximate surface area is 79.1 Å². The van der Waals surface area contributed by atoms with Gasteiger partial charge in [-0.1, -0.05) is 6.07 Å². The third-order valence-electron chi connectivity index (χ3n) is 2.74. The van der Waals surface area contributed by atoms with Crippen LogP contribution in [0.1, 0.15) is 30.0 Å². The summed E-state index contributed by atoms with van der Waals surface area (Å²) in [5, 5.41) is 3.49. The third kappa shape index (κ3) is 1.68. The van der Waals surface area contributed by atoms with Crippen molar-refractivity contribution in [1.29, 1.82) is 0 Å². The maximum Gasteiger partial charge on any atom is 0.0324 e. The molecule has 13 heavy (non-hydrogen) atoms. The summed E-state index contributed by atoms with van der Waals surface area (Å²) in [5.41, 5.74) is 9.35. The number of nitrogen functional groups attached to an aromatic ring is 1. The highest BCUT2D eigenvalue weighted by molar-refractivity contribution is 5.45. The molecule has 2 nitrogen and oxygen atoms in total. The Kier molecular flexibility index (Phi) is 2.23. The number of rotatable bonds is 1. The number of hydrogen-bond acceptors (Lipinski definition) is 2. The van der Waals surface area contributed by atoms with Gasteiger partial charge >= 0.3 is 0 Å². The molecule has 2 heteroatoms. The highest BCUT2D eigenvalue weighted by Gasteiger charge is 2.17. The van der Waals surface area contributed by atoms with E-state index < -0.39 is 0 Å². The summed E-state index contributed by atoms with van der Waals surface area (Å²) in [4.78, 5) is 0. The Balaban J connectivity index is 2.32. The molecule has 1 atom stereocenters. The molecule has 1 aliphatic heterocycles. The van der Waals surface area contributed by atoms with Crippen LogP contribution in [0.4, 0.5) is 5.69 Å². The Morgan fingerprint density at radius 3 is 3.00 bits per heavy atom. The molecule has 1 saturated heterocycles. The first-order valence-corrected chi connectivity index (χ1v) is 4.87. The van der Waals surface area contributed by atoms with Crippen LogP contribution in [-0.2, 0) is 0 Å². The minimum Gasteiger partial charge on any atom is -0.399 e. The minimum atomic E-state index is 0.531. The molecule has 3 N–H and O–H groups in total. The monoisotopic (exact) mass is 176 g/mol. The van der Waals surface area contributed by atoms with Crippen LogP contribution in [-0.4, -0.2) is 6.54 Å². The zero-order chi connectivity index (χ0) is 9.26. The minimum absolute atomic E-state index is 0.531. The lowest BCUT2D eigenvalue weighted by atomic mass is 9.99. The Bertz CT molecular complexity index is 301. The summed E-state index contributed by atoms with van der Waals surface area (Å²) < 4.78 is 0. The van der Waals surface area contributed by atoms with Gasteiger partial charge < -0.3 is 11.1 Å². The SMILES string of the molecule is Cc1ccc(N)cc1C1CCCN1. The Morgan fingerprint density at radius 2 is 2.31 bits per heavy atom. The average molecular weight is 176 g/mol. The maximum absolute atomic E-state index is 5.77. The summed E-state index contributed by atoms with van der Waals surface area (Å²) >= 11 is 0. The molecule has 0 saturated carbocycles. The van der Waals surface area contributed by atoms with Crippen molar-refractivity contribution in [1.82, 2.24) is 5.32 Å². The normalized spacial score (nSPS) is 22.1. The molecular formula is C11H16N2. The van der Waals surface area contributed by atoms with E-state index in [0.717, 1.165) is 12.2 Å². The first-order valence-electron chi connectivity index (χ1n) is 4.87. The van der Waals surface area contributed by atoms with E-state index in [9.17, 15) is 0 Å². The number of aryl methyl sites for hydroxylation is 1. The molecule has 0 bridgehead atoms. The zero-order valence-electron chi connectivity index (χ0n) is 8.01. The van der Waals surface area contributed by atoms with Gasteiger partial charge in [-0.25, -0.2) is 0 Å². The van der Waals surface area contributed by atoms with Crippen LogP contribution in [0.25, 0.3) is 0 Å². The lowest BCUT2D eigenvalue weighted by Gasteiger charge is -2.14. The van der Waals surface area contributed by atoms with Gasteiger partial charge in [0, 0.05) is 11.7 Å². The van der Waals surface area contributed by atoms with Gasteiger partial charge in [-0.3, -0.25) is 0 Å². The molecular weight excluding hydrogens is 160 g/mol. The molecule has 1 heterocycles. The van der Waals surface area contributed by atoms with Crippen molar-refractivity contribution in [2.45, 2.75) is 25.8 Å². The molecule has 0 aliphatic carbocycles. The number of benzene rings is 1. The lowest BCUT2D eigenvalue weighted by Crippen LogP contribution is -2.14. The van der Waals surface area contributed by atoms with Crippen LogP contribution < -0.4 is 11.1 Å². The maximum atomic E-state index is 5.77. The van der Waals surface area contributed by atoms with Crippen molar-refractivity contribution in [3.8, 4) is 0 Å². The molecule has 0 spiro atoms. The highest BCUT2D eigenvalue weighted by atomic mass is 14.9. The quantitative estimate of drug-likeness (QED) is 0.642. The topological polar surface area (TPSA) is 38.0 Å². The second-order valence-corrected chi connectivity index (χ2v) is 3.76. The van der Waals surface area contributed by atoms with Crippen molar-refractivity contribution < 1.29 is 0 Å². The molecule has 0 amide bonds. The summed E-state index contributed by atoms with van der Waals surface area (Å²) in [6, 6.07) is 6.69. The van der Waals surface area contributed by atoms with Crippen molar-refractivity contribution in [2.75, 3.05) is 12.3 Å². The van der Waals surface area contributed by atoms with E-state index in [1.165, 1.54) is 24.0 Å². The van der Waals surface area contributed by atoms with Crippen LogP contribution in [0.15, 0.2) is 18.2 Å². The fourth-order valence-electron chi connectivity index (χ4n) is 1.98. The molecule has 70 valence electrons. The van der Waals surface area contributed by atoms with Crippen LogP contribution >= 0.6 is 0 Å². The standard InChI is InChI=1S/C11H16N2/c1-8-4-5-9(12)7-10(8)11-3-2-6-13-11/h4-5,7,11,13H,2-3,6,12H2,1H3. The van der Waals surface area contributed by atoms with Gasteiger partial charge in [-0.05, 0) is 49.6 Å². The van der Waals surface area contributed by atoms with Crippen molar-refractivity contribution >= 4 is 5.69 Å². The molecule has 1 unspecified atom stereocenters. The van der Waals surface area contributed by atoms with E-state index in [-0.39, 0.29) is 0 Å². The van der Waals surface area contributed by atoms with E-state index in [2.05, 4.69) is 24.4 Å². The second kappa shape index (κ2) is 3.38. The first kappa shape index (κ1) is 8.57. The Morgan fingerprint density at radius 1 is 1.46 bits per heavy atom. The molecule has 1 aromatic carbocycles. The van der Waals surface area contributed by atoms with E-state index in [1.807, 2.05) is 6.07 Å². The number of hydrogen-bond donors (Lipinski definition) is 2. The van der Waals surface area contributed by atoms with Gasteiger partial charge in [0.2, 0.25) is 0 Å². The number of nitrogens with one attached hydrogen (secondary N) is 1. The van der Waals surface area contributed by atoms with Crippen LogP contribution in [0.5, 0.6) is 0 Å². The summed E-state index contributed by atoms with van der Waals surface area (Å²) in [6.07, 6.45) is 2.52. The average Bonchev–Trinajstić information content (AvgIpc) is 2.61. The molecule has 1 aliphatic rings. The van der Waals surface area contributed by atoms with Crippen molar-refractivity contribution in [3.63, 3.8) is 0 Å². The predicted octanol–water partition coefficient (Wildman–Crippen LogP) is 2.00. The molecule has 1 aromatic rings. The summed E-state index contributed by atoms with van der Waals surface area (Å²) in [6.45, 7) is 3.29. The van der Waals surface area contributed by atoms with Gasteiger partial charge in [0.15, 0.2) is 0 Å². The zero-order valence-corrected chi connectivity index (χ0v) is 8.01. The predicted molar refractivity (Wildman–Crippen MR) is 55.6 cm³/mol. The van der Waals surface area contributed by atoms with Gasteiger partial charge in [-0.15, -0.1) is 0 Å². The van der Waals surface area contributed by atoms with Gasteiger partial charge in [-0.2, -0.15) is 0 Å². The van der Waals surface area contributed by atoms with E-state index in [1.54, 1.807) is 0 Å². The number of nitrogens with two attached hydrogens (primary N) is 1. The third-order valence-corrected chi connectivity index (χ3v) is 2.74. The Hall–Kier alpha value is -1.02. The van der Waals surface area contributed by atoms with Crippen molar-refractivity contribution in [3.05, 3.63) is 29.3 Å². The second-order valence-electron chi connectivity index (χ2n) is 3.76. The first-order chi connectivity index (χ1) is 6.27. The largest absolute Gasteiger partial charge is 0.399 e. The summed E-state index contributed by atoms with van der Waals surface area (Å²) in [5.74, 6) is 0. The molecule has 0 radical (unpaired) electrons. The van der Waals surface area contributed by atoms with Crippen LogP contribution in [0, 0.1) is 6.92 Å². The summed E-state index contributed by atoms with van der Waals surface area (Å²) in [7, 11) is 0. The van der Waals surface area contributed by atoms with Crippen molar-refractivity contribution in [2.24, 2.45) is 0 Å². The highest BCUT2D eigenvalue weighted by Crippen LogP contribution is 2.27. The fourth-order valence-corrected chi connectivity index (χ4v) is 1.98. The lowest BCUT2D eigenvalue weighted by molar-refractivity contribution is 0.644. The van der Waals surface area contributed by atoms with E-state index >= 15 is 0 Å². The van der Waals surface area contributed by atoms with Gasteiger partial charge in [0.05, 0.1) is 0 Å². The van der Waals surface area contributed by atoms with E-state index in [0.29, 0.717) is 6.04 Å². The van der Waals surface area contributed by atoms with Gasteiger partial charge in [0.25, 0.3) is 0 Å². The van der Waals surface area contributed by atoms with E-state index in [4.69, 9.17) is 5.73 Å². The molecule has 2 rings (SSSR count). The fraction of sp³-hybridized carbons (Fsp3) is 0.455. The number of anilines is 1. The van der Waals surface area contributed by atoms with Crippen LogP contribution in [0.2, 0.25) is 0 Å².